The van der Waals surface area contributed by atoms with Gasteiger partial charge < -0.3 is 5.32 Å². The zero-order valence-electron chi connectivity index (χ0n) is 13.1. The topological polar surface area (TPSA) is 33.1 Å². The number of aromatic nitrogens is 2. The maximum Gasteiger partial charge on any atom is 0.0641 e. The Bertz CT molecular complexity index is 443. The van der Waals surface area contributed by atoms with E-state index >= 15 is 0 Å². The van der Waals surface area contributed by atoms with E-state index in [9.17, 15) is 0 Å². The maximum absolute atomic E-state index is 4.52. The van der Waals surface area contributed by atoms with Gasteiger partial charge in [-0.2, -0.15) is 5.10 Å². The van der Waals surface area contributed by atoms with E-state index in [1.54, 1.807) is 0 Å². The van der Waals surface area contributed by atoms with Crippen LogP contribution < -0.4 is 5.32 Å². The van der Waals surface area contributed by atoms with Gasteiger partial charge in [0.15, 0.2) is 0 Å². The minimum Gasteiger partial charge on any atom is -0.313 e. The number of hydrogen-bond acceptors (Lipinski definition) is 3. The molecule has 2 aliphatic rings. The monoisotopic (exact) mass is 276 g/mol. The van der Waals surface area contributed by atoms with Gasteiger partial charge in [0.25, 0.3) is 0 Å². The number of nitrogens with one attached hydrogen (secondary N) is 1. The largest absolute Gasteiger partial charge is 0.313 e. The Morgan fingerprint density at radius 3 is 2.75 bits per heavy atom. The summed E-state index contributed by atoms with van der Waals surface area (Å²) in [7, 11) is 2.02. The van der Waals surface area contributed by atoms with Gasteiger partial charge in [-0.3, -0.25) is 9.58 Å². The minimum absolute atomic E-state index is 0.486. The predicted molar refractivity (Wildman–Crippen MR) is 81.7 cm³/mol. The van der Waals surface area contributed by atoms with Crippen molar-refractivity contribution in [1.82, 2.24) is 20.0 Å². The lowest BCUT2D eigenvalue weighted by Gasteiger charge is -2.34. The molecule has 4 nitrogen and oxygen atoms in total. The summed E-state index contributed by atoms with van der Waals surface area (Å²) in [6, 6.07) is 1.97. The fraction of sp³-hybridized carbons (Fsp3) is 0.812. The van der Waals surface area contributed by atoms with Crippen LogP contribution in [0.2, 0.25) is 0 Å². The van der Waals surface area contributed by atoms with Gasteiger partial charge in [0.2, 0.25) is 0 Å². The second-order valence-electron chi connectivity index (χ2n) is 6.59. The van der Waals surface area contributed by atoms with Crippen molar-refractivity contribution < 1.29 is 0 Å². The molecule has 1 aromatic rings. The molecule has 0 bridgehead atoms. The molecule has 1 saturated carbocycles. The molecule has 1 aromatic heterocycles. The lowest BCUT2D eigenvalue weighted by atomic mass is 10.0. The Hall–Kier alpha value is -0.870. The highest BCUT2D eigenvalue weighted by atomic mass is 15.3. The van der Waals surface area contributed by atoms with E-state index < -0.39 is 0 Å². The van der Waals surface area contributed by atoms with Crippen LogP contribution in [0.1, 0.15) is 56.3 Å². The van der Waals surface area contributed by atoms with Gasteiger partial charge in [0.05, 0.1) is 5.69 Å². The SMILES string of the molecule is Cc1nn(C)cc1C(C)N(CC1CCCCN1)C1CC1. The second kappa shape index (κ2) is 5.86. The number of nitrogens with zero attached hydrogens (tertiary/aromatic N) is 3. The van der Waals surface area contributed by atoms with Crippen LogP contribution in [0.3, 0.4) is 0 Å². The van der Waals surface area contributed by atoms with Crippen molar-refractivity contribution in [2.75, 3.05) is 13.1 Å². The van der Waals surface area contributed by atoms with E-state index in [2.05, 4.69) is 35.4 Å². The first-order valence-electron chi connectivity index (χ1n) is 8.14. The van der Waals surface area contributed by atoms with E-state index in [4.69, 9.17) is 0 Å². The smallest absolute Gasteiger partial charge is 0.0641 e. The fourth-order valence-corrected chi connectivity index (χ4v) is 3.57. The summed E-state index contributed by atoms with van der Waals surface area (Å²) in [6.07, 6.45) is 9.01. The van der Waals surface area contributed by atoms with Crippen molar-refractivity contribution in [3.8, 4) is 0 Å². The summed E-state index contributed by atoms with van der Waals surface area (Å²) in [5, 5.41) is 8.21. The summed E-state index contributed by atoms with van der Waals surface area (Å²) < 4.78 is 1.95. The van der Waals surface area contributed by atoms with Crippen LogP contribution >= 0.6 is 0 Å². The van der Waals surface area contributed by atoms with E-state index in [0.717, 1.165) is 6.04 Å². The third kappa shape index (κ3) is 3.07. The van der Waals surface area contributed by atoms with E-state index in [0.29, 0.717) is 12.1 Å². The third-order valence-corrected chi connectivity index (χ3v) is 4.86. The van der Waals surface area contributed by atoms with Crippen molar-refractivity contribution in [1.29, 1.82) is 0 Å². The first-order valence-corrected chi connectivity index (χ1v) is 8.14. The Kier molecular flexibility index (Phi) is 4.13. The lowest BCUT2D eigenvalue weighted by Crippen LogP contribution is -2.45. The minimum atomic E-state index is 0.486. The molecule has 0 spiro atoms. The number of piperidine rings is 1. The summed E-state index contributed by atoms with van der Waals surface area (Å²) in [6.45, 7) is 6.88. The van der Waals surface area contributed by atoms with Gasteiger partial charge in [-0.15, -0.1) is 0 Å². The summed E-state index contributed by atoms with van der Waals surface area (Å²) in [4.78, 5) is 2.72. The van der Waals surface area contributed by atoms with Gasteiger partial charge in [-0.25, -0.2) is 0 Å². The highest BCUT2D eigenvalue weighted by Crippen LogP contribution is 2.35. The molecule has 0 amide bonds. The molecule has 2 atom stereocenters. The van der Waals surface area contributed by atoms with Crippen molar-refractivity contribution >= 4 is 0 Å². The molecule has 1 aliphatic carbocycles. The molecule has 2 unspecified atom stereocenters. The normalized spacial score (nSPS) is 25.1. The highest BCUT2D eigenvalue weighted by Gasteiger charge is 2.35. The molecule has 0 aromatic carbocycles. The summed E-state index contributed by atoms with van der Waals surface area (Å²) >= 11 is 0. The lowest BCUT2D eigenvalue weighted by molar-refractivity contribution is 0.166. The Morgan fingerprint density at radius 2 is 2.20 bits per heavy atom. The summed E-state index contributed by atoms with van der Waals surface area (Å²) in [5.74, 6) is 0. The van der Waals surface area contributed by atoms with Crippen molar-refractivity contribution in [2.45, 2.75) is 64.1 Å². The summed E-state index contributed by atoms with van der Waals surface area (Å²) in [5.41, 5.74) is 2.58. The molecule has 112 valence electrons. The molecule has 0 radical (unpaired) electrons. The van der Waals surface area contributed by atoms with Crippen LogP contribution in [0, 0.1) is 6.92 Å². The first-order chi connectivity index (χ1) is 9.65. The molecule has 4 heteroatoms. The number of aryl methyl sites for hydroxylation is 2. The van der Waals surface area contributed by atoms with Gasteiger partial charge in [0.1, 0.15) is 0 Å². The van der Waals surface area contributed by atoms with Crippen LogP contribution in [-0.2, 0) is 7.05 Å². The fourth-order valence-electron chi connectivity index (χ4n) is 3.57. The van der Waals surface area contributed by atoms with E-state index in [1.165, 1.54) is 56.5 Å². The quantitative estimate of drug-likeness (QED) is 0.896. The molecular weight excluding hydrogens is 248 g/mol. The average molecular weight is 276 g/mol. The second-order valence-corrected chi connectivity index (χ2v) is 6.59. The van der Waals surface area contributed by atoms with E-state index in [-0.39, 0.29) is 0 Å². The predicted octanol–water partition coefficient (Wildman–Crippen LogP) is 2.40. The van der Waals surface area contributed by atoms with Crippen molar-refractivity contribution in [3.63, 3.8) is 0 Å². The van der Waals surface area contributed by atoms with Crippen LogP contribution in [0.5, 0.6) is 0 Å². The van der Waals surface area contributed by atoms with Gasteiger partial charge >= 0.3 is 0 Å². The standard InChI is InChI=1S/C16H28N4/c1-12-16(11-19(3)18-12)13(2)20(15-7-8-15)10-14-6-4-5-9-17-14/h11,13-15,17H,4-10H2,1-3H3. The van der Waals surface area contributed by atoms with Crippen LogP contribution in [0.15, 0.2) is 6.20 Å². The molecule has 2 fully saturated rings. The van der Waals surface area contributed by atoms with Gasteiger partial charge in [-0.05, 0) is 46.1 Å². The first kappa shape index (κ1) is 14.1. The van der Waals surface area contributed by atoms with E-state index in [1.807, 2.05) is 11.7 Å². The molecule has 1 saturated heterocycles. The van der Waals surface area contributed by atoms with Crippen molar-refractivity contribution in [3.05, 3.63) is 17.5 Å². The van der Waals surface area contributed by atoms with Crippen LogP contribution in [0.4, 0.5) is 0 Å². The molecule has 2 heterocycles. The zero-order chi connectivity index (χ0) is 14.1. The van der Waals surface area contributed by atoms with Gasteiger partial charge in [-0.1, -0.05) is 6.42 Å². The number of hydrogen-bond donors (Lipinski definition) is 1. The Balaban J connectivity index is 1.71. The molecule has 1 aliphatic heterocycles. The van der Waals surface area contributed by atoms with Crippen LogP contribution in [0.25, 0.3) is 0 Å². The van der Waals surface area contributed by atoms with Gasteiger partial charge in [0, 0.05) is 43.5 Å². The molecular formula is C16H28N4. The Labute approximate surface area is 122 Å². The molecule has 3 rings (SSSR count). The highest BCUT2D eigenvalue weighted by molar-refractivity contribution is 5.20. The zero-order valence-corrected chi connectivity index (χ0v) is 13.1. The number of rotatable bonds is 5. The average Bonchev–Trinajstić information content (AvgIpc) is 3.22. The van der Waals surface area contributed by atoms with Crippen LogP contribution in [-0.4, -0.2) is 39.9 Å². The third-order valence-electron chi connectivity index (χ3n) is 4.86. The molecule has 20 heavy (non-hydrogen) atoms. The maximum atomic E-state index is 4.52. The molecule has 1 N–H and O–H groups in total. The van der Waals surface area contributed by atoms with Crippen molar-refractivity contribution in [2.24, 2.45) is 7.05 Å². The Morgan fingerprint density at radius 1 is 1.40 bits per heavy atom.